The Morgan fingerprint density at radius 2 is 2.00 bits per heavy atom. The zero-order chi connectivity index (χ0) is 17.5. The second kappa shape index (κ2) is 8.88. The SMILES string of the molecule is CCC(CC)=C(c1cc(Cl)ccc1OCCC(C)C)n1cncn1. The number of halogens is 1. The molecule has 0 fully saturated rings. The first-order valence-corrected chi connectivity index (χ1v) is 8.94. The molecular weight excluding hydrogens is 322 g/mol. The molecule has 0 aliphatic heterocycles. The van der Waals surface area contributed by atoms with Gasteiger partial charge in [0, 0.05) is 10.6 Å². The normalized spacial score (nSPS) is 10.9. The Hall–Kier alpha value is -1.81. The zero-order valence-corrected chi connectivity index (χ0v) is 15.7. The van der Waals surface area contributed by atoms with Crippen LogP contribution in [0.15, 0.2) is 36.4 Å². The molecule has 24 heavy (non-hydrogen) atoms. The van der Waals surface area contributed by atoms with Crippen LogP contribution in [0.2, 0.25) is 5.02 Å². The van der Waals surface area contributed by atoms with E-state index in [0.29, 0.717) is 17.5 Å². The molecule has 1 aromatic heterocycles. The molecular formula is C19H26ClN3O. The molecule has 4 nitrogen and oxygen atoms in total. The molecule has 0 aliphatic carbocycles. The van der Waals surface area contributed by atoms with Crippen LogP contribution in [0.1, 0.15) is 52.5 Å². The minimum absolute atomic E-state index is 0.605. The van der Waals surface area contributed by atoms with Crippen LogP contribution >= 0.6 is 11.6 Å². The fourth-order valence-corrected chi connectivity index (χ4v) is 2.77. The van der Waals surface area contributed by atoms with Gasteiger partial charge in [0.2, 0.25) is 0 Å². The van der Waals surface area contributed by atoms with Crippen molar-refractivity contribution in [2.45, 2.75) is 47.0 Å². The van der Waals surface area contributed by atoms with Crippen molar-refractivity contribution in [1.29, 1.82) is 0 Å². The summed E-state index contributed by atoms with van der Waals surface area (Å²) < 4.78 is 7.88. The Kier molecular flexibility index (Phi) is 6.85. The molecule has 0 aliphatic rings. The van der Waals surface area contributed by atoms with Crippen LogP contribution < -0.4 is 4.74 Å². The molecule has 0 saturated heterocycles. The highest BCUT2D eigenvalue weighted by molar-refractivity contribution is 6.30. The van der Waals surface area contributed by atoms with Gasteiger partial charge in [-0.05, 0) is 49.0 Å². The average Bonchev–Trinajstić information content (AvgIpc) is 3.07. The quantitative estimate of drug-likeness (QED) is 0.638. The fourth-order valence-electron chi connectivity index (χ4n) is 2.60. The molecule has 0 bridgehead atoms. The Bertz CT molecular complexity index is 672. The smallest absolute Gasteiger partial charge is 0.138 e. The first-order valence-electron chi connectivity index (χ1n) is 8.56. The summed E-state index contributed by atoms with van der Waals surface area (Å²) in [5, 5.41) is 5.02. The minimum atomic E-state index is 0.605. The monoisotopic (exact) mass is 347 g/mol. The molecule has 0 unspecified atom stereocenters. The van der Waals surface area contributed by atoms with Gasteiger partial charge < -0.3 is 4.74 Å². The molecule has 1 aromatic carbocycles. The number of aromatic nitrogens is 3. The summed E-state index contributed by atoms with van der Waals surface area (Å²) in [6, 6.07) is 5.76. The van der Waals surface area contributed by atoms with Gasteiger partial charge in [-0.25, -0.2) is 9.67 Å². The molecule has 0 spiro atoms. The van der Waals surface area contributed by atoms with Crippen molar-refractivity contribution in [2.24, 2.45) is 5.92 Å². The first kappa shape index (κ1) is 18.5. The topological polar surface area (TPSA) is 39.9 Å². The van der Waals surface area contributed by atoms with Crippen molar-refractivity contribution in [3.05, 3.63) is 47.0 Å². The van der Waals surface area contributed by atoms with Crippen molar-refractivity contribution < 1.29 is 4.74 Å². The van der Waals surface area contributed by atoms with E-state index in [1.165, 1.54) is 5.57 Å². The van der Waals surface area contributed by atoms with E-state index in [1.807, 2.05) is 22.9 Å². The lowest BCUT2D eigenvalue weighted by molar-refractivity contribution is 0.288. The summed E-state index contributed by atoms with van der Waals surface area (Å²) in [4.78, 5) is 4.10. The average molecular weight is 348 g/mol. The lowest BCUT2D eigenvalue weighted by atomic mass is 10.0. The number of rotatable bonds is 8. The van der Waals surface area contributed by atoms with Crippen molar-refractivity contribution in [2.75, 3.05) is 6.61 Å². The largest absolute Gasteiger partial charge is 0.493 e. The van der Waals surface area contributed by atoms with Gasteiger partial charge in [0.15, 0.2) is 0 Å². The molecule has 5 heteroatoms. The van der Waals surface area contributed by atoms with Crippen LogP contribution in [0.5, 0.6) is 5.75 Å². The van der Waals surface area contributed by atoms with Crippen LogP contribution in [0.3, 0.4) is 0 Å². The molecule has 0 amide bonds. The molecule has 0 saturated carbocycles. The van der Waals surface area contributed by atoms with Gasteiger partial charge in [-0.15, -0.1) is 0 Å². The maximum absolute atomic E-state index is 6.27. The number of ether oxygens (including phenoxy) is 1. The molecule has 0 radical (unpaired) electrons. The van der Waals surface area contributed by atoms with Crippen LogP contribution in [-0.2, 0) is 0 Å². The zero-order valence-electron chi connectivity index (χ0n) is 14.9. The van der Waals surface area contributed by atoms with E-state index < -0.39 is 0 Å². The van der Waals surface area contributed by atoms with Gasteiger partial charge >= 0.3 is 0 Å². The van der Waals surface area contributed by atoms with Crippen LogP contribution in [0.25, 0.3) is 5.70 Å². The third-order valence-corrected chi connectivity index (χ3v) is 4.22. The summed E-state index contributed by atoms with van der Waals surface area (Å²) in [7, 11) is 0. The Morgan fingerprint density at radius 1 is 1.25 bits per heavy atom. The molecule has 0 N–H and O–H groups in total. The third-order valence-electron chi connectivity index (χ3n) is 3.99. The third kappa shape index (κ3) is 4.60. The van der Waals surface area contributed by atoms with Gasteiger partial charge in [0.25, 0.3) is 0 Å². The maximum atomic E-state index is 6.27. The number of allylic oxidation sites excluding steroid dienone is 1. The van der Waals surface area contributed by atoms with Crippen LogP contribution in [0.4, 0.5) is 0 Å². The minimum Gasteiger partial charge on any atom is -0.493 e. The number of benzene rings is 1. The maximum Gasteiger partial charge on any atom is 0.138 e. The Morgan fingerprint density at radius 3 is 2.58 bits per heavy atom. The Labute approximate surface area is 149 Å². The lowest BCUT2D eigenvalue weighted by Crippen LogP contribution is -2.08. The van der Waals surface area contributed by atoms with E-state index in [2.05, 4.69) is 37.8 Å². The van der Waals surface area contributed by atoms with Gasteiger partial charge in [0.05, 0.1) is 12.3 Å². The molecule has 2 rings (SSSR count). The van der Waals surface area contributed by atoms with Crippen molar-refractivity contribution >= 4 is 17.3 Å². The van der Waals surface area contributed by atoms with Crippen molar-refractivity contribution in [1.82, 2.24) is 14.8 Å². The van der Waals surface area contributed by atoms with E-state index in [1.54, 1.807) is 12.7 Å². The van der Waals surface area contributed by atoms with E-state index >= 15 is 0 Å². The van der Waals surface area contributed by atoms with E-state index in [9.17, 15) is 0 Å². The molecule has 1 heterocycles. The predicted octanol–water partition coefficient (Wildman–Crippen LogP) is 5.44. The molecule has 2 aromatic rings. The summed E-state index contributed by atoms with van der Waals surface area (Å²) in [6.07, 6.45) is 6.15. The van der Waals surface area contributed by atoms with E-state index in [4.69, 9.17) is 16.3 Å². The van der Waals surface area contributed by atoms with Crippen LogP contribution in [-0.4, -0.2) is 21.4 Å². The second-order valence-corrected chi connectivity index (χ2v) is 6.61. The second-order valence-electron chi connectivity index (χ2n) is 6.17. The highest BCUT2D eigenvalue weighted by atomic mass is 35.5. The summed E-state index contributed by atoms with van der Waals surface area (Å²) in [5.41, 5.74) is 3.27. The van der Waals surface area contributed by atoms with Crippen LogP contribution in [0, 0.1) is 5.92 Å². The molecule has 130 valence electrons. The summed E-state index contributed by atoms with van der Waals surface area (Å²) >= 11 is 6.27. The van der Waals surface area contributed by atoms with Crippen molar-refractivity contribution in [3.63, 3.8) is 0 Å². The van der Waals surface area contributed by atoms with Gasteiger partial charge in [0.1, 0.15) is 18.4 Å². The standard InChI is InChI=1S/C19H26ClN3O/c1-5-15(6-2)19(23-13-21-12-22-23)17-11-16(20)7-8-18(17)24-10-9-14(3)4/h7-8,11-14H,5-6,9-10H2,1-4H3. The number of hydrogen-bond acceptors (Lipinski definition) is 3. The highest BCUT2D eigenvalue weighted by Gasteiger charge is 2.16. The van der Waals surface area contributed by atoms with Gasteiger partial charge in [-0.2, -0.15) is 5.10 Å². The number of hydrogen-bond donors (Lipinski definition) is 0. The number of nitrogens with zero attached hydrogens (tertiary/aromatic N) is 3. The lowest BCUT2D eigenvalue weighted by Gasteiger charge is -2.18. The fraction of sp³-hybridized carbons (Fsp3) is 0.474. The highest BCUT2D eigenvalue weighted by Crippen LogP contribution is 2.33. The molecule has 0 atom stereocenters. The van der Waals surface area contributed by atoms with Crippen molar-refractivity contribution in [3.8, 4) is 5.75 Å². The Balaban J connectivity index is 2.49. The summed E-state index contributed by atoms with van der Waals surface area (Å²) in [6.45, 7) is 9.38. The summed E-state index contributed by atoms with van der Waals surface area (Å²) in [5.74, 6) is 1.44. The predicted molar refractivity (Wildman–Crippen MR) is 99.3 cm³/mol. The van der Waals surface area contributed by atoms with Gasteiger partial charge in [-0.3, -0.25) is 0 Å². The van der Waals surface area contributed by atoms with E-state index in [0.717, 1.165) is 36.3 Å². The van der Waals surface area contributed by atoms with Gasteiger partial charge in [-0.1, -0.05) is 39.3 Å². The first-order chi connectivity index (χ1) is 11.6. The van der Waals surface area contributed by atoms with E-state index in [-0.39, 0.29) is 0 Å².